The predicted octanol–water partition coefficient (Wildman–Crippen LogP) is 3.00. The first-order valence-electron chi connectivity index (χ1n) is 11.6. The summed E-state index contributed by atoms with van der Waals surface area (Å²) in [5, 5.41) is 14.0. The van der Waals surface area contributed by atoms with Crippen molar-refractivity contribution in [1.82, 2.24) is 20.1 Å². The number of hydrogen-bond donors (Lipinski definition) is 1. The first kappa shape index (κ1) is 19.4. The number of nitriles is 1. The summed E-state index contributed by atoms with van der Waals surface area (Å²) >= 11 is 0. The van der Waals surface area contributed by atoms with Crippen LogP contribution >= 0.6 is 0 Å². The van der Waals surface area contributed by atoms with Crippen molar-refractivity contribution < 1.29 is 0 Å². The molecule has 2 aromatic rings. The van der Waals surface area contributed by atoms with Gasteiger partial charge in [0.25, 0.3) is 0 Å². The van der Waals surface area contributed by atoms with E-state index in [1.165, 1.54) is 28.2 Å². The van der Waals surface area contributed by atoms with Gasteiger partial charge in [0.1, 0.15) is 6.07 Å². The summed E-state index contributed by atoms with van der Waals surface area (Å²) in [6.07, 6.45) is 7.66. The van der Waals surface area contributed by atoms with Crippen LogP contribution in [0.5, 0.6) is 0 Å². The quantitative estimate of drug-likeness (QED) is 0.800. The maximum Gasteiger partial charge on any atom is 0.101 e. The molecule has 162 valence electrons. The van der Waals surface area contributed by atoms with E-state index in [2.05, 4.69) is 62.3 Å². The van der Waals surface area contributed by atoms with E-state index in [9.17, 15) is 5.26 Å². The molecule has 0 saturated carbocycles. The van der Waals surface area contributed by atoms with Gasteiger partial charge in [-0.2, -0.15) is 5.26 Å². The van der Waals surface area contributed by atoms with Crippen LogP contribution in [0.15, 0.2) is 65.2 Å². The fraction of sp³-hybridized carbons (Fsp3) is 0.385. The first-order chi connectivity index (χ1) is 15.7. The summed E-state index contributed by atoms with van der Waals surface area (Å²) in [4.78, 5) is 12.1. The molecule has 6 rings (SSSR count). The number of allylic oxidation sites excluding steroid dienone is 2. The average molecular weight is 425 g/mol. The highest BCUT2D eigenvalue weighted by Gasteiger charge is 2.36. The molecule has 1 aromatic heterocycles. The van der Waals surface area contributed by atoms with Gasteiger partial charge in [0.15, 0.2) is 0 Å². The molecule has 1 aromatic carbocycles. The minimum atomic E-state index is 0.433. The lowest BCUT2D eigenvalue weighted by molar-refractivity contribution is 0.273. The van der Waals surface area contributed by atoms with E-state index in [4.69, 9.17) is 0 Å². The van der Waals surface area contributed by atoms with Crippen molar-refractivity contribution in [2.24, 2.45) is 0 Å². The SMILES string of the molecule is C[C@@H]1CN(c2ccc(C#N)c3ncccc23)CC2=C3CC=C(N4CCNCC4)C=C3CN21. The van der Waals surface area contributed by atoms with E-state index in [-0.39, 0.29) is 0 Å². The fourth-order valence-corrected chi connectivity index (χ4v) is 5.68. The summed E-state index contributed by atoms with van der Waals surface area (Å²) in [5.41, 5.74) is 8.49. The predicted molar refractivity (Wildman–Crippen MR) is 127 cm³/mol. The highest BCUT2D eigenvalue weighted by Crippen LogP contribution is 2.40. The van der Waals surface area contributed by atoms with Gasteiger partial charge in [-0.25, -0.2) is 0 Å². The first-order valence-corrected chi connectivity index (χ1v) is 11.6. The number of piperazine rings is 2. The van der Waals surface area contributed by atoms with Crippen LogP contribution in [0.4, 0.5) is 5.69 Å². The lowest BCUT2D eigenvalue weighted by atomic mass is 9.96. The molecular weight excluding hydrogens is 396 g/mol. The van der Waals surface area contributed by atoms with Crippen molar-refractivity contribution >= 4 is 16.6 Å². The fourth-order valence-electron chi connectivity index (χ4n) is 5.68. The van der Waals surface area contributed by atoms with Gasteiger partial charge in [0.05, 0.1) is 17.6 Å². The van der Waals surface area contributed by atoms with Crippen molar-refractivity contribution in [1.29, 1.82) is 5.26 Å². The van der Waals surface area contributed by atoms with E-state index in [1.807, 2.05) is 12.1 Å². The van der Waals surface area contributed by atoms with Gasteiger partial charge in [0, 0.05) is 74.0 Å². The van der Waals surface area contributed by atoms with E-state index in [0.29, 0.717) is 11.6 Å². The van der Waals surface area contributed by atoms with Crippen LogP contribution in [0.1, 0.15) is 18.9 Å². The Balaban J connectivity index is 1.34. The normalized spacial score (nSPS) is 23.0. The highest BCUT2D eigenvalue weighted by atomic mass is 15.3. The molecule has 1 aliphatic carbocycles. The van der Waals surface area contributed by atoms with E-state index in [1.54, 1.807) is 6.20 Å². The molecule has 2 fully saturated rings. The number of nitrogens with zero attached hydrogens (tertiary/aromatic N) is 5. The molecule has 4 aliphatic rings. The molecule has 3 aliphatic heterocycles. The number of nitrogens with one attached hydrogen (secondary N) is 1. The van der Waals surface area contributed by atoms with Crippen molar-refractivity contribution in [3.8, 4) is 6.07 Å². The topological polar surface area (TPSA) is 58.4 Å². The van der Waals surface area contributed by atoms with Gasteiger partial charge in [-0.3, -0.25) is 4.98 Å². The van der Waals surface area contributed by atoms with Crippen LogP contribution in [0.3, 0.4) is 0 Å². The number of aromatic nitrogens is 1. The number of pyridine rings is 1. The minimum Gasteiger partial charge on any atom is -0.369 e. The van der Waals surface area contributed by atoms with Crippen LogP contribution in [0, 0.1) is 11.3 Å². The average Bonchev–Trinajstić information content (AvgIpc) is 3.22. The van der Waals surface area contributed by atoms with Gasteiger partial charge in [-0.1, -0.05) is 6.08 Å². The standard InChI is InChI=1S/C26H28N6/c1-18-15-31(24-7-4-19(14-27)26-23(24)3-2-8-29-26)17-25-22-6-5-21(13-20(22)16-32(18)25)30-11-9-28-10-12-30/h2-5,7-8,13,18,28H,6,9-12,15-17H2,1H3/t18-/m1/s1. The number of rotatable bonds is 2. The van der Waals surface area contributed by atoms with Crippen molar-refractivity contribution in [3.63, 3.8) is 0 Å². The Morgan fingerprint density at radius 1 is 1.12 bits per heavy atom. The Bertz CT molecular complexity index is 1210. The van der Waals surface area contributed by atoms with E-state index >= 15 is 0 Å². The summed E-state index contributed by atoms with van der Waals surface area (Å²) < 4.78 is 0. The van der Waals surface area contributed by atoms with Gasteiger partial charge in [0.2, 0.25) is 0 Å². The third-order valence-corrected chi connectivity index (χ3v) is 7.31. The molecule has 0 spiro atoms. The van der Waals surface area contributed by atoms with Gasteiger partial charge >= 0.3 is 0 Å². The Morgan fingerprint density at radius 3 is 2.84 bits per heavy atom. The van der Waals surface area contributed by atoms with Gasteiger partial charge in [-0.05, 0) is 54.8 Å². The molecule has 0 amide bonds. The Labute approximate surface area is 189 Å². The van der Waals surface area contributed by atoms with Crippen LogP contribution in [-0.4, -0.2) is 66.6 Å². The molecule has 6 heteroatoms. The summed E-state index contributed by atoms with van der Waals surface area (Å²) in [5.74, 6) is 0. The largest absolute Gasteiger partial charge is 0.369 e. The maximum absolute atomic E-state index is 9.51. The maximum atomic E-state index is 9.51. The second kappa shape index (κ2) is 7.68. The number of anilines is 1. The lowest BCUT2D eigenvalue weighted by Gasteiger charge is -2.42. The van der Waals surface area contributed by atoms with Crippen molar-refractivity contribution in [2.45, 2.75) is 19.4 Å². The number of hydrogen-bond acceptors (Lipinski definition) is 6. The summed E-state index contributed by atoms with van der Waals surface area (Å²) in [6.45, 7) is 9.56. The molecule has 4 heterocycles. The molecule has 2 saturated heterocycles. The zero-order valence-electron chi connectivity index (χ0n) is 18.5. The molecule has 1 N–H and O–H groups in total. The second-order valence-electron chi connectivity index (χ2n) is 9.17. The van der Waals surface area contributed by atoms with Crippen LogP contribution in [0.25, 0.3) is 10.9 Å². The molecule has 0 unspecified atom stereocenters. The zero-order valence-corrected chi connectivity index (χ0v) is 18.5. The summed E-state index contributed by atoms with van der Waals surface area (Å²) in [6, 6.07) is 10.8. The third kappa shape index (κ3) is 3.08. The molecule has 0 bridgehead atoms. The minimum absolute atomic E-state index is 0.433. The molecule has 1 atom stereocenters. The highest BCUT2D eigenvalue weighted by molar-refractivity contribution is 5.95. The van der Waals surface area contributed by atoms with Crippen molar-refractivity contribution in [3.05, 3.63) is 70.7 Å². The summed E-state index contributed by atoms with van der Waals surface area (Å²) in [7, 11) is 0. The number of fused-ring (bicyclic) bond motifs is 3. The zero-order chi connectivity index (χ0) is 21.7. The van der Waals surface area contributed by atoms with Crippen LogP contribution in [-0.2, 0) is 0 Å². The molecule has 32 heavy (non-hydrogen) atoms. The molecule has 0 radical (unpaired) electrons. The smallest absolute Gasteiger partial charge is 0.101 e. The van der Waals surface area contributed by atoms with E-state index < -0.39 is 0 Å². The lowest BCUT2D eigenvalue weighted by Crippen LogP contribution is -2.49. The van der Waals surface area contributed by atoms with Gasteiger partial charge < -0.3 is 20.0 Å². The Hall–Kier alpha value is -3.30. The van der Waals surface area contributed by atoms with Crippen molar-refractivity contribution in [2.75, 3.05) is 50.7 Å². The Morgan fingerprint density at radius 2 is 2.00 bits per heavy atom. The Kier molecular flexibility index (Phi) is 4.65. The van der Waals surface area contributed by atoms with Gasteiger partial charge in [-0.15, -0.1) is 0 Å². The van der Waals surface area contributed by atoms with E-state index in [0.717, 1.165) is 63.1 Å². The second-order valence-corrected chi connectivity index (χ2v) is 9.17. The molecule has 6 nitrogen and oxygen atoms in total. The molecular formula is C26H28N6. The van der Waals surface area contributed by atoms with Crippen LogP contribution < -0.4 is 10.2 Å². The third-order valence-electron chi connectivity index (χ3n) is 7.31. The monoisotopic (exact) mass is 424 g/mol. The number of benzene rings is 1. The van der Waals surface area contributed by atoms with Crippen LogP contribution in [0.2, 0.25) is 0 Å².